The number of rotatable bonds is 8. The number of hydrogen-bond donors (Lipinski definition) is 0. The van der Waals surface area contributed by atoms with Gasteiger partial charge in [0, 0.05) is 43.3 Å². The summed E-state index contributed by atoms with van der Waals surface area (Å²) in [5, 5.41) is 9.57. The van der Waals surface area contributed by atoms with Crippen LogP contribution in [0.25, 0.3) is 5.69 Å². The summed E-state index contributed by atoms with van der Waals surface area (Å²) in [6, 6.07) is 31.4. The van der Waals surface area contributed by atoms with Gasteiger partial charge < -0.3 is 4.90 Å². The molecule has 3 heterocycles. The van der Waals surface area contributed by atoms with Crippen LogP contribution in [0.4, 0.5) is 0 Å². The molecule has 1 aliphatic heterocycles. The molecular weight excluding hydrogens is 554 g/mol. The third-order valence-corrected chi connectivity index (χ3v) is 8.60. The summed E-state index contributed by atoms with van der Waals surface area (Å²) in [5.41, 5.74) is 7.49. The van der Waals surface area contributed by atoms with E-state index in [9.17, 15) is 4.79 Å². The number of nitrogens with zero attached hydrogens (tertiary/aromatic N) is 7. The highest BCUT2D eigenvalue weighted by atomic mass is 32.2. The smallest absolute Gasteiger partial charge is 0.276 e. The molecule has 43 heavy (non-hydrogen) atoms. The molecule has 0 atom stereocenters. The minimum absolute atomic E-state index is 0.0917. The zero-order chi connectivity index (χ0) is 29.8. The lowest BCUT2D eigenvalue weighted by Crippen LogP contribution is -2.50. The van der Waals surface area contributed by atoms with E-state index in [0.29, 0.717) is 29.7 Å². The van der Waals surface area contributed by atoms with Crippen molar-refractivity contribution in [1.29, 1.82) is 0 Å². The average Bonchev–Trinajstić information content (AvgIpc) is 3.45. The highest BCUT2D eigenvalue weighted by Crippen LogP contribution is 2.30. The molecule has 8 nitrogen and oxygen atoms in total. The molecule has 1 saturated heterocycles. The van der Waals surface area contributed by atoms with Crippen molar-refractivity contribution in [2.45, 2.75) is 37.7 Å². The van der Waals surface area contributed by atoms with Crippen LogP contribution in [0, 0.1) is 20.8 Å². The maximum atomic E-state index is 14.0. The number of carbonyl (C=O) groups excluding carboxylic acids is 1. The van der Waals surface area contributed by atoms with Crippen LogP contribution in [0.2, 0.25) is 0 Å². The number of piperazine rings is 1. The zero-order valence-electron chi connectivity index (χ0n) is 24.7. The van der Waals surface area contributed by atoms with Crippen LogP contribution in [-0.2, 0) is 5.75 Å². The summed E-state index contributed by atoms with van der Waals surface area (Å²) >= 11 is 1.49. The standard InChI is InChI=1S/C34H35N7OS/c1-24-14-16-29(17-15-24)41-30(23-43-34-35-25(2)22-26(3)36-34)31(37-38-41)33(42)40-20-18-39(19-21-40)32(27-10-6-4-7-11-27)28-12-8-5-9-13-28/h4-17,22,32H,18-21,23H2,1-3H3. The molecule has 0 spiro atoms. The van der Waals surface area contributed by atoms with E-state index in [1.165, 1.54) is 22.9 Å². The van der Waals surface area contributed by atoms with Gasteiger partial charge in [-0.25, -0.2) is 14.6 Å². The Kier molecular flexibility index (Phi) is 8.62. The maximum Gasteiger partial charge on any atom is 0.276 e. The third-order valence-electron chi connectivity index (χ3n) is 7.74. The second kappa shape index (κ2) is 12.9. The molecule has 0 aliphatic carbocycles. The van der Waals surface area contributed by atoms with Crippen LogP contribution in [0.5, 0.6) is 0 Å². The maximum absolute atomic E-state index is 14.0. The van der Waals surface area contributed by atoms with E-state index in [2.05, 4.69) is 73.7 Å². The molecule has 1 amide bonds. The van der Waals surface area contributed by atoms with Gasteiger partial charge in [0.1, 0.15) is 0 Å². The Morgan fingerprint density at radius 1 is 0.791 bits per heavy atom. The Hall–Kier alpha value is -4.34. The van der Waals surface area contributed by atoms with Crippen molar-refractivity contribution in [3.8, 4) is 5.69 Å². The van der Waals surface area contributed by atoms with Crippen LogP contribution >= 0.6 is 11.8 Å². The van der Waals surface area contributed by atoms with Gasteiger partial charge in [-0.2, -0.15) is 0 Å². The summed E-state index contributed by atoms with van der Waals surface area (Å²) in [4.78, 5) is 27.6. The van der Waals surface area contributed by atoms with Gasteiger partial charge in [0.2, 0.25) is 0 Å². The number of hydrogen-bond acceptors (Lipinski definition) is 7. The number of carbonyl (C=O) groups is 1. The normalized spacial score (nSPS) is 13.9. The van der Waals surface area contributed by atoms with Crippen molar-refractivity contribution < 1.29 is 4.79 Å². The molecule has 0 N–H and O–H groups in total. The predicted molar refractivity (Wildman–Crippen MR) is 169 cm³/mol. The van der Waals surface area contributed by atoms with Crippen molar-refractivity contribution >= 4 is 17.7 Å². The molecule has 5 aromatic rings. The average molecular weight is 590 g/mol. The van der Waals surface area contributed by atoms with Gasteiger partial charge in [-0.05, 0) is 50.1 Å². The van der Waals surface area contributed by atoms with E-state index < -0.39 is 0 Å². The summed E-state index contributed by atoms with van der Waals surface area (Å²) < 4.78 is 1.78. The fourth-order valence-corrected chi connectivity index (χ4v) is 6.54. The van der Waals surface area contributed by atoms with Crippen LogP contribution in [-0.4, -0.2) is 66.8 Å². The summed E-state index contributed by atoms with van der Waals surface area (Å²) in [5.74, 6) is 0.375. The van der Waals surface area contributed by atoms with Crippen molar-refractivity contribution in [3.05, 3.63) is 130 Å². The fraction of sp³-hybridized carbons (Fsp3) is 0.265. The lowest BCUT2D eigenvalue weighted by atomic mass is 9.96. The minimum atomic E-state index is -0.0917. The highest BCUT2D eigenvalue weighted by Gasteiger charge is 2.31. The Balaban J connectivity index is 1.24. The van der Waals surface area contributed by atoms with E-state index in [-0.39, 0.29) is 11.9 Å². The first-order valence-corrected chi connectivity index (χ1v) is 15.5. The van der Waals surface area contributed by atoms with Gasteiger partial charge in [0.05, 0.1) is 17.4 Å². The second-order valence-electron chi connectivity index (χ2n) is 10.9. The second-order valence-corrected chi connectivity index (χ2v) is 11.8. The first kappa shape index (κ1) is 28.8. The quantitative estimate of drug-likeness (QED) is 0.167. The first-order chi connectivity index (χ1) is 21.0. The summed E-state index contributed by atoms with van der Waals surface area (Å²) in [7, 11) is 0. The van der Waals surface area contributed by atoms with E-state index >= 15 is 0 Å². The Labute approximate surface area is 256 Å². The van der Waals surface area contributed by atoms with Crippen LogP contribution in [0.15, 0.2) is 96.2 Å². The van der Waals surface area contributed by atoms with Crippen LogP contribution < -0.4 is 0 Å². The molecule has 9 heteroatoms. The molecule has 1 aliphatic rings. The van der Waals surface area contributed by atoms with Crippen LogP contribution in [0.3, 0.4) is 0 Å². The fourth-order valence-electron chi connectivity index (χ4n) is 5.60. The molecule has 0 unspecified atom stereocenters. The van der Waals surface area contributed by atoms with Crippen molar-refractivity contribution in [3.63, 3.8) is 0 Å². The molecule has 2 aromatic heterocycles. The first-order valence-electron chi connectivity index (χ1n) is 14.6. The molecule has 3 aromatic carbocycles. The van der Waals surface area contributed by atoms with Gasteiger partial charge in [-0.1, -0.05) is 95.3 Å². The number of aromatic nitrogens is 5. The van der Waals surface area contributed by atoms with Gasteiger partial charge >= 0.3 is 0 Å². The van der Waals surface area contributed by atoms with Gasteiger partial charge in [-0.3, -0.25) is 9.69 Å². The zero-order valence-corrected chi connectivity index (χ0v) is 25.5. The van der Waals surface area contributed by atoms with E-state index in [4.69, 9.17) is 0 Å². The molecular formula is C34H35N7OS. The molecule has 0 radical (unpaired) electrons. The number of amides is 1. The number of aryl methyl sites for hydroxylation is 3. The van der Waals surface area contributed by atoms with Crippen LogP contribution in [0.1, 0.15) is 50.3 Å². The monoisotopic (exact) mass is 589 g/mol. The third kappa shape index (κ3) is 6.53. The van der Waals surface area contributed by atoms with Gasteiger partial charge in [0.25, 0.3) is 5.91 Å². The number of thioether (sulfide) groups is 1. The lowest BCUT2D eigenvalue weighted by molar-refractivity contribution is 0.0591. The summed E-state index contributed by atoms with van der Waals surface area (Å²) in [6.45, 7) is 8.71. The Morgan fingerprint density at radius 2 is 1.37 bits per heavy atom. The van der Waals surface area contributed by atoms with E-state index in [1.807, 2.05) is 68.1 Å². The molecule has 0 saturated carbocycles. The van der Waals surface area contributed by atoms with Crippen molar-refractivity contribution in [1.82, 2.24) is 34.8 Å². The SMILES string of the molecule is Cc1ccc(-n2nnc(C(=O)N3CCN(C(c4ccccc4)c4ccccc4)CC3)c2CSc2nc(C)cc(C)n2)cc1. The summed E-state index contributed by atoms with van der Waals surface area (Å²) in [6.07, 6.45) is 0. The largest absolute Gasteiger partial charge is 0.335 e. The Bertz CT molecular complexity index is 1620. The predicted octanol–water partition coefficient (Wildman–Crippen LogP) is 5.82. The minimum Gasteiger partial charge on any atom is -0.335 e. The van der Waals surface area contributed by atoms with Crippen molar-refractivity contribution in [2.24, 2.45) is 0 Å². The Morgan fingerprint density at radius 3 is 1.95 bits per heavy atom. The highest BCUT2D eigenvalue weighted by molar-refractivity contribution is 7.98. The van der Waals surface area contributed by atoms with E-state index in [0.717, 1.165) is 41.4 Å². The van der Waals surface area contributed by atoms with E-state index in [1.54, 1.807) is 4.68 Å². The van der Waals surface area contributed by atoms with Gasteiger partial charge in [0.15, 0.2) is 10.9 Å². The van der Waals surface area contributed by atoms with Gasteiger partial charge in [-0.15, -0.1) is 5.10 Å². The number of benzene rings is 3. The molecule has 218 valence electrons. The molecule has 1 fully saturated rings. The molecule has 0 bridgehead atoms. The molecule has 6 rings (SSSR count). The topological polar surface area (TPSA) is 80.0 Å². The lowest BCUT2D eigenvalue weighted by Gasteiger charge is -2.39. The van der Waals surface area contributed by atoms with Crippen molar-refractivity contribution in [2.75, 3.05) is 26.2 Å².